The predicted molar refractivity (Wildman–Crippen MR) is 75.7 cm³/mol. The summed E-state index contributed by atoms with van der Waals surface area (Å²) in [6.07, 6.45) is 2.42. The Morgan fingerprint density at radius 3 is 2.76 bits per heavy atom. The topological polar surface area (TPSA) is 66.8 Å². The fourth-order valence-electron chi connectivity index (χ4n) is 3.65. The van der Waals surface area contributed by atoms with E-state index in [0.29, 0.717) is 19.4 Å². The second-order valence-corrected chi connectivity index (χ2v) is 5.85. The smallest absolute Gasteiger partial charge is 0.410 e. The molecule has 0 radical (unpaired) electrons. The molecule has 0 bridgehead atoms. The zero-order valence-corrected chi connectivity index (χ0v) is 11.8. The summed E-state index contributed by atoms with van der Waals surface area (Å²) in [5.41, 5.74) is 0.187. The number of aliphatic carboxylic acids is 1. The second kappa shape index (κ2) is 5.39. The Balaban J connectivity index is 1.65. The molecular formula is C16H19NO4. The van der Waals surface area contributed by atoms with Crippen molar-refractivity contribution < 1.29 is 19.4 Å². The third-order valence-electron chi connectivity index (χ3n) is 4.78. The summed E-state index contributed by atoms with van der Waals surface area (Å²) in [5.74, 6) is -0.775. The van der Waals surface area contributed by atoms with Crippen molar-refractivity contribution in [2.45, 2.75) is 38.3 Å². The summed E-state index contributed by atoms with van der Waals surface area (Å²) in [4.78, 5) is 25.4. The highest BCUT2D eigenvalue weighted by Gasteiger charge is 2.57. The molecule has 5 heteroatoms. The van der Waals surface area contributed by atoms with Gasteiger partial charge in [0, 0.05) is 6.54 Å². The van der Waals surface area contributed by atoms with E-state index in [4.69, 9.17) is 4.74 Å². The summed E-state index contributed by atoms with van der Waals surface area (Å²) in [7, 11) is 0. The minimum Gasteiger partial charge on any atom is -0.481 e. The number of likely N-dealkylation sites (tertiary alicyclic amines) is 1. The van der Waals surface area contributed by atoms with Crippen LogP contribution in [-0.2, 0) is 16.1 Å². The zero-order chi connectivity index (χ0) is 14.9. The molecule has 0 unspecified atom stereocenters. The number of hydrogen-bond acceptors (Lipinski definition) is 3. The average molecular weight is 289 g/mol. The lowest BCUT2D eigenvalue weighted by molar-refractivity contribution is -0.149. The van der Waals surface area contributed by atoms with Gasteiger partial charge in [-0.3, -0.25) is 4.79 Å². The normalized spacial score (nSPS) is 27.4. The number of nitrogens with zero attached hydrogens (tertiary/aromatic N) is 1. The van der Waals surface area contributed by atoms with Gasteiger partial charge in [0.2, 0.25) is 0 Å². The summed E-state index contributed by atoms with van der Waals surface area (Å²) >= 11 is 0. The average Bonchev–Trinajstić information content (AvgIpc) is 3.05. The molecule has 1 N–H and O–H groups in total. The van der Waals surface area contributed by atoms with Crippen LogP contribution in [0.25, 0.3) is 0 Å². The molecule has 2 aliphatic rings. The van der Waals surface area contributed by atoms with Crippen molar-refractivity contribution in [3.05, 3.63) is 35.9 Å². The number of carbonyl (C=O) groups is 2. The highest BCUT2D eigenvalue weighted by Crippen LogP contribution is 2.49. The van der Waals surface area contributed by atoms with Gasteiger partial charge in [0.25, 0.3) is 0 Å². The van der Waals surface area contributed by atoms with Crippen LogP contribution >= 0.6 is 0 Å². The maximum atomic E-state index is 12.2. The maximum Gasteiger partial charge on any atom is 0.410 e. The third kappa shape index (κ3) is 2.37. The van der Waals surface area contributed by atoms with E-state index in [1.54, 1.807) is 4.90 Å². The number of rotatable bonds is 3. The van der Waals surface area contributed by atoms with Crippen molar-refractivity contribution in [1.82, 2.24) is 4.90 Å². The van der Waals surface area contributed by atoms with Gasteiger partial charge in [0.1, 0.15) is 6.61 Å². The Morgan fingerprint density at radius 2 is 2.05 bits per heavy atom. The lowest BCUT2D eigenvalue weighted by atomic mass is 9.82. The first-order valence-corrected chi connectivity index (χ1v) is 7.34. The van der Waals surface area contributed by atoms with Crippen molar-refractivity contribution in [1.29, 1.82) is 0 Å². The molecule has 1 saturated heterocycles. The molecule has 1 aromatic carbocycles. The van der Waals surface area contributed by atoms with Gasteiger partial charge < -0.3 is 14.7 Å². The molecule has 2 atom stereocenters. The third-order valence-corrected chi connectivity index (χ3v) is 4.78. The van der Waals surface area contributed by atoms with Gasteiger partial charge in [0.15, 0.2) is 0 Å². The molecule has 1 aliphatic heterocycles. The molecular weight excluding hydrogens is 270 g/mol. The Hall–Kier alpha value is -2.04. The van der Waals surface area contributed by atoms with Crippen molar-refractivity contribution in [3.63, 3.8) is 0 Å². The number of benzene rings is 1. The molecule has 21 heavy (non-hydrogen) atoms. The Kier molecular flexibility index (Phi) is 3.57. The summed E-state index contributed by atoms with van der Waals surface area (Å²) in [6, 6.07) is 9.28. The molecule has 0 spiro atoms. The minimum absolute atomic E-state index is 0.210. The molecule has 1 aliphatic carbocycles. The van der Waals surface area contributed by atoms with Crippen LogP contribution < -0.4 is 0 Å². The molecule has 1 saturated carbocycles. The first-order chi connectivity index (χ1) is 10.1. The monoisotopic (exact) mass is 289 g/mol. The number of carboxylic acid groups (broad SMARTS) is 1. The minimum atomic E-state index is -0.775. The van der Waals surface area contributed by atoms with Gasteiger partial charge in [-0.05, 0) is 24.8 Å². The molecule has 112 valence electrons. The Morgan fingerprint density at radius 1 is 1.29 bits per heavy atom. The first-order valence-electron chi connectivity index (χ1n) is 7.34. The van der Waals surface area contributed by atoms with Crippen LogP contribution in [0, 0.1) is 5.41 Å². The van der Waals surface area contributed by atoms with Gasteiger partial charge in [-0.25, -0.2) is 4.79 Å². The fourth-order valence-corrected chi connectivity index (χ4v) is 3.65. The zero-order valence-electron chi connectivity index (χ0n) is 11.8. The van der Waals surface area contributed by atoms with Gasteiger partial charge in [-0.2, -0.15) is 0 Å². The number of ether oxygens (including phenoxy) is 1. The summed E-state index contributed by atoms with van der Waals surface area (Å²) in [5, 5.41) is 9.50. The summed E-state index contributed by atoms with van der Waals surface area (Å²) in [6.45, 7) is 0.702. The fraction of sp³-hybridized carbons (Fsp3) is 0.500. The van der Waals surface area contributed by atoms with Crippen molar-refractivity contribution >= 4 is 12.1 Å². The van der Waals surface area contributed by atoms with Crippen molar-refractivity contribution in [3.8, 4) is 0 Å². The van der Waals surface area contributed by atoms with Gasteiger partial charge in [0.05, 0.1) is 11.5 Å². The Labute approximate surface area is 123 Å². The van der Waals surface area contributed by atoms with Crippen LogP contribution in [0.1, 0.15) is 31.2 Å². The standard InChI is InChI=1S/C16H19NO4/c18-14(19)16-8-4-7-13(16)17(10-9-16)15(20)21-11-12-5-2-1-3-6-12/h1-3,5-6,13H,4,7-11H2,(H,18,19)/t13-,16+/m0/s1. The second-order valence-electron chi connectivity index (χ2n) is 5.85. The predicted octanol–water partition coefficient (Wildman–Crippen LogP) is 2.65. The molecule has 5 nitrogen and oxygen atoms in total. The lowest BCUT2D eigenvalue weighted by Crippen LogP contribution is -2.43. The highest BCUT2D eigenvalue weighted by molar-refractivity contribution is 5.79. The van der Waals surface area contributed by atoms with E-state index >= 15 is 0 Å². The molecule has 0 aromatic heterocycles. The highest BCUT2D eigenvalue weighted by atomic mass is 16.6. The number of carbonyl (C=O) groups excluding carboxylic acids is 1. The summed E-state index contributed by atoms with van der Waals surface area (Å²) < 4.78 is 5.34. The number of amides is 1. The SMILES string of the molecule is O=C(OCc1ccccc1)N1CC[C@]2(C(=O)O)CCC[C@H]12. The van der Waals surface area contributed by atoms with Crippen LogP contribution in [0.5, 0.6) is 0 Å². The lowest BCUT2D eigenvalue weighted by Gasteiger charge is -2.28. The van der Waals surface area contributed by atoms with Gasteiger partial charge in [-0.1, -0.05) is 36.8 Å². The van der Waals surface area contributed by atoms with Crippen LogP contribution in [0.2, 0.25) is 0 Å². The first kappa shape index (κ1) is 13.9. The quantitative estimate of drug-likeness (QED) is 0.929. The Bertz CT molecular complexity index is 544. The molecule has 1 heterocycles. The van der Waals surface area contributed by atoms with Crippen LogP contribution in [-0.4, -0.2) is 34.7 Å². The number of fused-ring (bicyclic) bond motifs is 1. The largest absolute Gasteiger partial charge is 0.481 e. The molecule has 1 amide bonds. The molecule has 2 fully saturated rings. The van der Waals surface area contributed by atoms with E-state index in [1.807, 2.05) is 30.3 Å². The van der Waals surface area contributed by atoms with E-state index in [-0.39, 0.29) is 12.6 Å². The van der Waals surface area contributed by atoms with Gasteiger partial charge >= 0.3 is 12.1 Å². The van der Waals surface area contributed by atoms with E-state index in [2.05, 4.69) is 0 Å². The van der Waals surface area contributed by atoms with Crippen molar-refractivity contribution in [2.24, 2.45) is 5.41 Å². The van der Waals surface area contributed by atoms with Crippen LogP contribution in [0.3, 0.4) is 0 Å². The number of hydrogen-bond donors (Lipinski definition) is 1. The van der Waals surface area contributed by atoms with Crippen LogP contribution in [0.4, 0.5) is 4.79 Å². The molecule has 3 rings (SSSR count). The van der Waals surface area contributed by atoms with E-state index in [1.165, 1.54) is 0 Å². The van der Waals surface area contributed by atoms with E-state index in [0.717, 1.165) is 18.4 Å². The van der Waals surface area contributed by atoms with Crippen LogP contribution in [0.15, 0.2) is 30.3 Å². The van der Waals surface area contributed by atoms with E-state index < -0.39 is 17.5 Å². The maximum absolute atomic E-state index is 12.2. The number of carboxylic acids is 1. The molecule has 1 aromatic rings. The van der Waals surface area contributed by atoms with Gasteiger partial charge in [-0.15, -0.1) is 0 Å². The van der Waals surface area contributed by atoms with Crippen molar-refractivity contribution in [2.75, 3.05) is 6.54 Å². The van der Waals surface area contributed by atoms with E-state index in [9.17, 15) is 14.7 Å².